The number of hydrogen-bond donors (Lipinski definition) is 1. The van der Waals surface area contributed by atoms with E-state index in [1.54, 1.807) is 12.1 Å². The Morgan fingerprint density at radius 1 is 0.765 bits per heavy atom. The van der Waals surface area contributed by atoms with Gasteiger partial charge in [0.05, 0.1) is 21.3 Å². The fourth-order valence-electron chi connectivity index (χ4n) is 3.84. The molecule has 0 saturated heterocycles. The van der Waals surface area contributed by atoms with Gasteiger partial charge in [0, 0.05) is 12.3 Å². The van der Waals surface area contributed by atoms with Crippen LogP contribution in [0.5, 0.6) is 17.2 Å². The highest BCUT2D eigenvalue weighted by Crippen LogP contribution is 2.40. The van der Waals surface area contributed by atoms with Crippen LogP contribution in [0.3, 0.4) is 0 Å². The number of benzene rings is 3. The van der Waals surface area contributed by atoms with Crippen molar-refractivity contribution in [3.63, 3.8) is 0 Å². The smallest absolute Gasteiger partial charge is 0.320 e. The summed E-state index contributed by atoms with van der Waals surface area (Å²) in [5.74, 6) is -2.67. The molecule has 178 valence electrons. The minimum Gasteiger partial charge on any atom is -0.493 e. The van der Waals surface area contributed by atoms with Gasteiger partial charge in [-0.3, -0.25) is 9.59 Å². The van der Waals surface area contributed by atoms with Gasteiger partial charge >= 0.3 is 11.9 Å². The zero-order chi connectivity index (χ0) is 24.5. The first kappa shape index (κ1) is 24.6. The minimum absolute atomic E-state index is 0.0136. The molecule has 1 unspecified atom stereocenters. The van der Waals surface area contributed by atoms with Gasteiger partial charge in [-0.2, -0.15) is 0 Å². The third-order valence-corrected chi connectivity index (χ3v) is 5.59. The van der Waals surface area contributed by atoms with Crippen LogP contribution in [0.15, 0.2) is 72.8 Å². The van der Waals surface area contributed by atoms with E-state index in [-0.39, 0.29) is 18.9 Å². The maximum absolute atomic E-state index is 12.9. The molecular weight excluding hydrogens is 436 g/mol. The van der Waals surface area contributed by atoms with Crippen LogP contribution in [-0.4, -0.2) is 45.0 Å². The molecule has 3 rings (SSSR count). The number of methoxy groups -OCH3 is 3. The van der Waals surface area contributed by atoms with Crippen molar-refractivity contribution in [1.29, 1.82) is 0 Å². The summed E-state index contributed by atoms with van der Waals surface area (Å²) < 4.78 is 21.6. The van der Waals surface area contributed by atoms with E-state index in [0.717, 1.165) is 11.1 Å². The molecule has 0 aliphatic rings. The molecule has 7 heteroatoms. The van der Waals surface area contributed by atoms with Gasteiger partial charge in [0.1, 0.15) is 6.61 Å². The lowest BCUT2D eigenvalue weighted by molar-refractivity contribution is -0.158. The molecule has 7 nitrogen and oxygen atoms in total. The summed E-state index contributed by atoms with van der Waals surface area (Å²) >= 11 is 0. The van der Waals surface area contributed by atoms with Crippen LogP contribution in [0.1, 0.15) is 22.6 Å². The first-order valence-corrected chi connectivity index (χ1v) is 10.8. The van der Waals surface area contributed by atoms with E-state index in [1.807, 2.05) is 60.7 Å². The van der Waals surface area contributed by atoms with Gasteiger partial charge in [-0.05, 0) is 22.8 Å². The molecule has 0 radical (unpaired) electrons. The lowest BCUT2D eigenvalue weighted by Crippen LogP contribution is -2.29. The van der Waals surface area contributed by atoms with Crippen LogP contribution < -0.4 is 14.2 Å². The molecule has 3 aromatic rings. The van der Waals surface area contributed by atoms with Gasteiger partial charge in [0.25, 0.3) is 0 Å². The first-order chi connectivity index (χ1) is 16.5. The van der Waals surface area contributed by atoms with Crippen LogP contribution in [0.4, 0.5) is 0 Å². The topological polar surface area (TPSA) is 91.3 Å². The van der Waals surface area contributed by atoms with Crippen LogP contribution in [-0.2, 0) is 20.7 Å². The number of rotatable bonds is 11. The second-order valence-electron chi connectivity index (χ2n) is 7.59. The molecular formula is C27H28O7. The summed E-state index contributed by atoms with van der Waals surface area (Å²) in [6, 6.07) is 22.6. The molecule has 0 aliphatic heterocycles. The third-order valence-electron chi connectivity index (χ3n) is 5.59. The maximum atomic E-state index is 12.9. The molecule has 0 bridgehead atoms. The Hall–Kier alpha value is -4.00. The monoisotopic (exact) mass is 464 g/mol. The summed E-state index contributed by atoms with van der Waals surface area (Å²) in [6.45, 7) is 0.0136. The van der Waals surface area contributed by atoms with E-state index >= 15 is 0 Å². The lowest BCUT2D eigenvalue weighted by Gasteiger charge is -2.21. The summed E-state index contributed by atoms with van der Waals surface area (Å²) in [4.78, 5) is 24.9. The van der Waals surface area contributed by atoms with Crippen LogP contribution >= 0.6 is 0 Å². The fourth-order valence-corrected chi connectivity index (χ4v) is 3.84. The molecule has 0 heterocycles. The number of carbonyl (C=O) groups is 2. The number of aliphatic carboxylic acids is 1. The van der Waals surface area contributed by atoms with Crippen molar-refractivity contribution in [1.82, 2.24) is 0 Å². The van der Waals surface area contributed by atoms with E-state index < -0.39 is 17.9 Å². The van der Waals surface area contributed by atoms with Gasteiger partial charge in [-0.15, -0.1) is 0 Å². The molecule has 34 heavy (non-hydrogen) atoms. The zero-order valence-electron chi connectivity index (χ0n) is 19.4. The highest BCUT2D eigenvalue weighted by molar-refractivity contribution is 5.94. The molecule has 3 aromatic carbocycles. The van der Waals surface area contributed by atoms with Gasteiger partial charge in [0.2, 0.25) is 5.75 Å². The predicted octanol–water partition coefficient (Wildman–Crippen LogP) is 4.33. The number of esters is 1. The largest absolute Gasteiger partial charge is 0.493 e. The minimum atomic E-state index is -1.42. The second kappa shape index (κ2) is 11.7. The SMILES string of the molecule is COc1ccc(CC(C(=O)O)C(=O)OCC(c2ccccc2)c2ccccc2)c(OC)c1OC. The number of carboxylic acids is 1. The van der Waals surface area contributed by atoms with Crippen molar-refractivity contribution in [3.05, 3.63) is 89.5 Å². The average molecular weight is 465 g/mol. The first-order valence-electron chi connectivity index (χ1n) is 10.8. The Morgan fingerprint density at radius 2 is 1.32 bits per heavy atom. The van der Waals surface area contributed by atoms with Crippen molar-refractivity contribution in [3.8, 4) is 17.2 Å². The number of carbonyl (C=O) groups excluding carboxylic acids is 1. The van der Waals surface area contributed by atoms with Gasteiger partial charge < -0.3 is 24.1 Å². The van der Waals surface area contributed by atoms with E-state index in [4.69, 9.17) is 18.9 Å². The highest BCUT2D eigenvalue weighted by Gasteiger charge is 2.31. The normalized spacial score (nSPS) is 11.5. The number of ether oxygens (including phenoxy) is 4. The van der Waals surface area contributed by atoms with Gasteiger partial charge in [-0.25, -0.2) is 0 Å². The summed E-state index contributed by atoms with van der Waals surface area (Å²) in [7, 11) is 4.39. The number of hydrogen-bond acceptors (Lipinski definition) is 6. The van der Waals surface area contributed by atoms with Gasteiger partial charge in [0.15, 0.2) is 17.4 Å². The third kappa shape index (κ3) is 5.67. The van der Waals surface area contributed by atoms with E-state index in [9.17, 15) is 14.7 Å². The van der Waals surface area contributed by atoms with Crippen LogP contribution in [0.2, 0.25) is 0 Å². The van der Waals surface area contributed by atoms with Crippen LogP contribution in [0, 0.1) is 5.92 Å². The summed E-state index contributed by atoms with van der Waals surface area (Å²) in [5, 5.41) is 9.80. The summed E-state index contributed by atoms with van der Waals surface area (Å²) in [5.41, 5.74) is 2.43. The standard InChI is InChI=1S/C27H28O7/c1-31-23-15-14-20(24(32-2)25(23)33-3)16-21(26(28)29)27(30)34-17-22(18-10-6-4-7-11-18)19-12-8-5-9-13-19/h4-15,21-22H,16-17H2,1-3H3,(H,28,29). The molecule has 1 atom stereocenters. The van der Waals surface area contributed by atoms with Crippen LogP contribution in [0.25, 0.3) is 0 Å². The van der Waals surface area contributed by atoms with Crippen molar-refractivity contribution in [2.45, 2.75) is 12.3 Å². The second-order valence-corrected chi connectivity index (χ2v) is 7.59. The number of carboxylic acid groups (broad SMARTS) is 1. The Balaban J connectivity index is 1.82. The van der Waals surface area contributed by atoms with E-state index in [2.05, 4.69) is 0 Å². The van der Waals surface area contributed by atoms with E-state index in [1.165, 1.54) is 21.3 Å². The molecule has 1 N–H and O–H groups in total. The van der Waals surface area contributed by atoms with Crippen molar-refractivity contribution < 1.29 is 33.6 Å². The molecule has 0 aromatic heterocycles. The Labute approximate surface area is 198 Å². The Morgan fingerprint density at radius 3 is 1.79 bits per heavy atom. The van der Waals surface area contributed by atoms with E-state index in [0.29, 0.717) is 22.8 Å². The predicted molar refractivity (Wildman–Crippen MR) is 127 cm³/mol. The Bertz CT molecular complexity index is 1060. The van der Waals surface area contributed by atoms with Crippen molar-refractivity contribution in [2.75, 3.05) is 27.9 Å². The van der Waals surface area contributed by atoms with Gasteiger partial charge in [-0.1, -0.05) is 66.7 Å². The quantitative estimate of drug-likeness (QED) is 0.334. The highest BCUT2D eigenvalue weighted by atomic mass is 16.5. The van der Waals surface area contributed by atoms with Crippen molar-refractivity contribution in [2.24, 2.45) is 5.92 Å². The molecule has 0 spiro atoms. The van der Waals surface area contributed by atoms with Crippen molar-refractivity contribution >= 4 is 11.9 Å². The maximum Gasteiger partial charge on any atom is 0.320 e. The average Bonchev–Trinajstić information content (AvgIpc) is 2.87. The molecule has 0 amide bonds. The zero-order valence-corrected chi connectivity index (χ0v) is 19.4. The molecule has 0 saturated carbocycles. The molecule has 0 aliphatic carbocycles. The Kier molecular flexibility index (Phi) is 8.51. The summed E-state index contributed by atoms with van der Waals surface area (Å²) in [6.07, 6.45) is -0.126. The molecule has 0 fully saturated rings. The fraction of sp³-hybridized carbons (Fsp3) is 0.259. The lowest BCUT2D eigenvalue weighted by atomic mass is 9.92.